The smallest absolute Gasteiger partial charge is 0.0843 e. The van der Waals surface area contributed by atoms with Gasteiger partial charge in [-0.3, -0.25) is 0 Å². The molecule has 0 amide bonds. The Morgan fingerprint density at radius 1 is 0.944 bits per heavy atom. The van der Waals surface area contributed by atoms with Crippen molar-refractivity contribution in [1.82, 2.24) is 0 Å². The maximum Gasteiger partial charge on any atom is 0.146 e. The van der Waals surface area contributed by atoms with Crippen LogP contribution in [0, 0.1) is 0 Å². The molecule has 2 heterocycles. The van der Waals surface area contributed by atoms with Gasteiger partial charge in [0.1, 0.15) is 6.71 Å². The van der Waals surface area contributed by atoms with Crippen molar-refractivity contribution in [3.8, 4) is 0 Å². The Labute approximate surface area is 116 Å². The van der Waals surface area contributed by atoms with E-state index in [9.17, 15) is 0 Å². The number of benzene rings is 1. The summed E-state index contributed by atoms with van der Waals surface area (Å²) < 4.78 is 0. The molecule has 2 aliphatic heterocycles. The zero-order valence-corrected chi connectivity index (χ0v) is 11.8. The van der Waals surface area contributed by atoms with Gasteiger partial charge in [0.25, 0.3) is 0 Å². The minimum Gasteiger partial charge on any atom is -0.0843 e. The number of aryl methyl sites for hydroxylation is 1. The third-order valence-electron chi connectivity index (χ3n) is 5.19. The van der Waals surface area contributed by atoms with Gasteiger partial charge in [0.2, 0.25) is 0 Å². The molecule has 0 saturated carbocycles. The predicted molar refractivity (Wildman–Crippen MR) is 80.9 cm³/mol. The second-order valence-electron chi connectivity index (χ2n) is 6.21. The van der Waals surface area contributed by atoms with Crippen LogP contribution in [0.15, 0.2) is 24.3 Å². The number of halogens is 1. The highest BCUT2D eigenvalue weighted by Crippen LogP contribution is 2.47. The van der Waals surface area contributed by atoms with Crippen molar-refractivity contribution >= 4 is 18.3 Å². The molecule has 3 rings (SSSR count). The summed E-state index contributed by atoms with van der Waals surface area (Å²) in [5, 5.41) is 0.855. The highest BCUT2D eigenvalue weighted by molar-refractivity contribution is 6.62. The van der Waals surface area contributed by atoms with Crippen LogP contribution in [0.5, 0.6) is 0 Å². The number of rotatable bonds is 3. The Hall–Kier alpha value is -0.425. The van der Waals surface area contributed by atoms with Crippen LogP contribution in [-0.2, 0) is 6.42 Å². The van der Waals surface area contributed by atoms with Crippen LogP contribution >= 0.6 is 11.6 Å². The van der Waals surface area contributed by atoms with Gasteiger partial charge in [-0.15, -0.1) is 0 Å². The molecule has 2 fully saturated rings. The van der Waals surface area contributed by atoms with E-state index in [2.05, 4.69) is 12.1 Å². The molecule has 0 aromatic heterocycles. The zero-order chi connectivity index (χ0) is 12.4. The predicted octanol–water partition coefficient (Wildman–Crippen LogP) is 5.49. The van der Waals surface area contributed by atoms with Gasteiger partial charge >= 0.3 is 0 Å². The van der Waals surface area contributed by atoms with Crippen molar-refractivity contribution in [2.24, 2.45) is 0 Å². The summed E-state index contributed by atoms with van der Waals surface area (Å²) in [6, 6.07) is 8.44. The van der Waals surface area contributed by atoms with Crippen LogP contribution in [0.4, 0.5) is 0 Å². The van der Waals surface area contributed by atoms with Crippen molar-refractivity contribution in [3.05, 3.63) is 34.9 Å². The molecular weight excluding hydrogens is 238 g/mol. The van der Waals surface area contributed by atoms with Crippen molar-refractivity contribution < 1.29 is 0 Å². The van der Waals surface area contributed by atoms with E-state index in [4.69, 9.17) is 11.6 Å². The highest BCUT2D eigenvalue weighted by Gasteiger charge is 2.38. The summed E-state index contributed by atoms with van der Waals surface area (Å²) in [5.41, 5.74) is 1.46. The van der Waals surface area contributed by atoms with Gasteiger partial charge in [-0.2, -0.15) is 0 Å². The Bertz CT molecular complexity index is 365. The Morgan fingerprint density at radius 3 is 2.06 bits per heavy atom. The first kappa shape index (κ1) is 12.6. The van der Waals surface area contributed by atoms with Gasteiger partial charge in [-0.25, -0.2) is 0 Å². The van der Waals surface area contributed by atoms with Gasteiger partial charge in [-0.05, 0) is 24.1 Å². The molecule has 1 aromatic carbocycles. The number of fused-ring (bicyclic) bond motifs is 2. The molecule has 2 aliphatic rings. The molecule has 18 heavy (non-hydrogen) atoms. The molecule has 2 saturated heterocycles. The first-order valence-corrected chi connectivity index (χ1v) is 7.95. The second kappa shape index (κ2) is 5.69. The fourth-order valence-electron chi connectivity index (χ4n) is 4.27. The maximum atomic E-state index is 5.94. The normalized spacial score (nSPS) is 27.3. The van der Waals surface area contributed by atoms with E-state index >= 15 is 0 Å². The SMILES string of the molecule is Clc1ccc(CCB2C3CCCC2CCC3)cc1. The lowest BCUT2D eigenvalue weighted by molar-refractivity contribution is 0.441. The molecule has 0 N–H and O–H groups in total. The van der Waals surface area contributed by atoms with E-state index in [1.54, 1.807) is 0 Å². The molecular formula is C16H22BCl. The van der Waals surface area contributed by atoms with Gasteiger partial charge in [0.15, 0.2) is 0 Å². The first-order valence-electron chi connectivity index (χ1n) is 7.57. The Morgan fingerprint density at radius 2 is 1.50 bits per heavy atom. The molecule has 96 valence electrons. The fraction of sp³-hybridized carbons (Fsp3) is 0.625. The lowest BCUT2D eigenvalue weighted by Gasteiger charge is -2.40. The summed E-state index contributed by atoms with van der Waals surface area (Å²) in [7, 11) is 0. The topological polar surface area (TPSA) is 0 Å². The van der Waals surface area contributed by atoms with Crippen LogP contribution in [0.1, 0.15) is 44.1 Å². The van der Waals surface area contributed by atoms with E-state index in [0.717, 1.165) is 23.4 Å². The minimum absolute atomic E-state index is 0.855. The standard InChI is InChI=1S/C16H22BCl/c18-16-9-7-13(8-10-16)11-12-17-14-3-1-4-15(17)6-2-5-14/h7-10,14-15H,1-6,11-12H2. The summed E-state index contributed by atoms with van der Waals surface area (Å²) in [4.78, 5) is 0. The summed E-state index contributed by atoms with van der Waals surface area (Å²) in [6.45, 7) is 1.02. The average molecular weight is 261 g/mol. The Balaban J connectivity index is 1.60. The Kier molecular flexibility index (Phi) is 3.99. The van der Waals surface area contributed by atoms with E-state index in [0.29, 0.717) is 0 Å². The highest BCUT2D eigenvalue weighted by atomic mass is 35.5. The quantitative estimate of drug-likeness (QED) is 0.631. The molecule has 2 heteroatoms. The van der Waals surface area contributed by atoms with Crippen molar-refractivity contribution in [1.29, 1.82) is 0 Å². The number of hydrogen-bond acceptors (Lipinski definition) is 0. The summed E-state index contributed by atoms with van der Waals surface area (Å²) >= 11 is 5.94. The first-order chi connectivity index (χ1) is 8.83. The van der Waals surface area contributed by atoms with Gasteiger partial charge in [0.05, 0.1) is 0 Å². The van der Waals surface area contributed by atoms with Crippen LogP contribution < -0.4 is 0 Å². The molecule has 0 radical (unpaired) electrons. The molecule has 0 spiro atoms. The van der Waals surface area contributed by atoms with Crippen LogP contribution in [0.3, 0.4) is 0 Å². The molecule has 0 atom stereocenters. The monoisotopic (exact) mass is 260 g/mol. The molecule has 0 aliphatic carbocycles. The van der Waals surface area contributed by atoms with Crippen LogP contribution in [0.2, 0.25) is 23.0 Å². The van der Waals surface area contributed by atoms with E-state index < -0.39 is 0 Å². The van der Waals surface area contributed by atoms with E-state index in [1.165, 1.54) is 56.8 Å². The summed E-state index contributed by atoms with van der Waals surface area (Å²) in [6.07, 6.45) is 11.6. The molecule has 2 bridgehead atoms. The largest absolute Gasteiger partial charge is 0.146 e. The maximum absolute atomic E-state index is 5.94. The minimum atomic E-state index is 0.855. The second-order valence-corrected chi connectivity index (χ2v) is 6.65. The average Bonchev–Trinajstić information content (AvgIpc) is 2.37. The molecule has 0 unspecified atom stereocenters. The van der Waals surface area contributed by atoms with Gasteiger partial charge < -0.3 is 0 Å². The van der Waals surface area contributed by atoms with Crippen molar-refractivity contribution in [2.75, 3.05) is 0 Å². The number of hydrogen-bond donors (Lipinski definition) is 0. The lowest BCUT2D eigenvalue weighted by Crippen LogP contribution is -2.34. The molecule has 0 nitrogen and oxygen atoms in total. The fourth-order valence-corrected chi connectivity index (χ4v) is 4.40. The van der Waals surface area contributed by atoms with Crippen molar-refractivity contribution in [2.45, 2.75) is 62.9 Å². The van der Waals surface area contributed by atoms with Crippen molar-refractivity contribution in [3.63, 3.8) is 0 Å². The van der Waals surface area contributed by atoms with Crippen LogP contribution in [-0.4, -0.2) is 6.71 Å². The van der Waals surface area contributed by atoms with E-state index in [-0.39, 0.29) is 0 Å². The zero-order valence-electron chi connectivity index (χ0n) is 11.1. The summed E-state index contributed by atoms with van der Waals surface area (Å²) in [5.74, 6) is 2.09. The third kappa shape index (κ3) is 2.77. The van der Waals surface area contributed by atoms with E-state index in [1.807, 2.05) is 12.1 Å². The third-order valence-corrected chi connectivity index (χ3v) is 5.44. The lowest BCUT2D eigenvalue weighted by atomic mass is 9.25. The van der Waals surface area contributed by atoms with Gasteiger partial charge in [0, 0.05) is 5.02 Å². The molecule has 1 aromatic rings. The van der Waals surface area contributed by atoms with Crippen LogP contribution in [0.25, 0.3) is 0 Å². The van der Waals surface area contributed by atoms with Gasteiger partial charge in [-0.1, -0.05) is 80.2 Å².